The van der Waals surface area contributed by atoms with Crippen molar-refractivity contribution in [2.75, 3.05) is 17.1 Å². The van der Waals surface area contributed by atoms with Gasteiger partial charge in [-0.3, -0.25) is 13.9 Å². The van der Waals surface area contributed by atoms with E-state index < -0.39 is 28.5 Å². The number of carbonyl (C=O) groups is 2. The van der Waals surface area contributed by atoms with Gasteiger partial charge in [-0.15, -0.1) is 0 Å². The van der Waals surface area contributed by atoms with E-state index in [0.29, 0.717) is 12.1 Å². The van der Waals surface area contributed by atoms with Crippen molar-refractivity contribution in [3.05, 3.63) is 99.5 Å². The van der Waals surface area contributed by atoms with Crippen LogP contribution in [0.4, 0.5) is 5.69 Å². The molecule has 1 aliphatic rings. The van der Waals surface area contributed by atoms with Crippen LogP contribution in [-0.2, 0) is 32.6 Å². The van der Waals surface area contributed by atoms with E-state index in [9.17, 15) is 18.0 Å². The minimum Gasteiger partial charge on any atom is -0.352 e. The molecule has 1 unspecified atom stereocenters. The van der Waals surface area contributed by atoms with E-state index in [4.69, 9.17) is 0 Å². The molecule has 1 saturated carbocycles. The summed E-state index contributed by atoms with van der Waals surface area (Å²) in [4.78, 5) is 29.9. The molecule has 9 heteroatoms. The SMILES string of the molecule is Cc1ccc(C)c(N(CC(=O)N(Cc2cccc(Br)c2)C(Cc2ccccc2)C(=O)NC2CCCCC2)S(C)(=O)=O)c1. The lowest BCUT2D eigenvalue weighted by Gasteiger charge is -2.35. The summed E-state index contributed by atoms with van der Waals surface area (Å²) in [7, 11) is -3.82. The van der Waals surface area contributed by atoms with Gasteiger partial charge in [-0.1, -0.05) is 89.8 Å². The second-order valence-electron chi connectivity index (χ2n) is 11.3. The molecule has 0 bridgehead atoms. The molecule has 0 heterocycles. The van der Waals surface area contributed by atoms with Crippen molar-refractivity contribution in [1.82, 2.24) is 10.2 Å². The summed E-state index contributed by atoms with van der Waals surface area (Å²) in [6, 6.07) is 22.0. The van der Waals surface area contributed by atoms with Gasteiger partial charge >= 0.3 is 0 Å². The minimum atomic E-state index is -3.82. The molecule has 0 aromatic heterocycles. The van der Waals surface area contributed by atoms with E-state index in [2.05, 4.69) is 21.2 Å². The van der Waals surface area contributed by atoms with E-state index in [-0.39, 0.29) is 18.5 Å². The van der Waals surface area contributed by atoms with Gasteiger partial charge < -0.3 is 10.2 Å². The van der Waals surface area contributed by atoms with Crippen LogP contribution in [0.15, 0.2) is 77.3 Å². The lowest BCUT2D eigenvalue weighted by atomic mass is 9.94. The molecule has 1 aliphatic carbocycles. The quantitative estimate of drug-likeness (QED) is 0.278. The topological polar surface area (TPSA) is 86.8 Å². The van der Waals surface area contributed by atoms with E-state index in [0.717, 1.165) is 69.4 Å². The maximum Gasteiger partial charge on any atom is 0.244 e. The number of nitrogens with one attached hydrogen (secondary N) is 1. The fraction of sp³-hybridized carbons (Fsp3) is 0.394. The van der Waals surface area contributed by atoms with Crippen LogP contribution >= 0.6 is 15.9 Å². The molecule has 0 saturated heterocycles. The van der Waals surface area contributed by atoms with E-state index in [1.54, 1.807) is 11.0 Å². The average Bonchev–Trinajstić information content (AvgIpc) is 2.95. The Bertz CT molecular complexity index is 1490. The van der Waals surface area contributed by atoms with Gasteiger partial charge in [-0.25, -0.2) is 8.42 Å². The van der Waals surface area contributed by atoms with Gasteiger partial charge in [0.15, 0.2) is 0 Å². The Morgan fingerprint density at radius 3 is 2.29 bits per heavy atom. The fourth-order valence-corrected chi connectivity index (χ4v) is 6.86. The molecule has 7 nitrogen and oxygen atoms in total. The number of hydrogen-bond acceptors (Lipinski definition) is 4. The first-order valence-corrected chi connectivity index (χ1v) is 17.1. The zero-order chi connectivity index (χ0) is 30.3. The van der Waals surface area contributed by atoms with Crippen LogP contribution in [0.3, 0.4) is 0 Å². The second kappa shape index (κ2) is 14.3. The molecule has 0 radical (unpaired) electrons. The maximum atomic E-state index is 14.3. The summed E-state index contributed by atoms with van der Waals surface area (Å²) in [5.74, 6) is -0.659. The predicted molar refractivity (Wildman–Crippen MR) is 172 cm³/mol. The second-order valence-corrected chi connectivity index (χ2v) is 14.1. The van der Waals surface area contributed by atoms with Crippen molar-refractivity contribution in [2.24, 2.45) is 0 Å². The van der Waals surface area contributed by atoms with Crippen LogP contribution < -0.4 is 9.62 Å². The number of carbonyl (C=O) groups excluding carboxylic acids is 2. The minimum absolute atomic E-state index is 0.0646. The molecule has 1 fully saturated rings. The van der Waals surface area contributed by atoms with Crippen molar-refractivity contribution in [1.29, 1.82) is 0 Å². The summed E-state index contributed by atoms with van der Waals surface area (Å²) < 4.78 is 28.2. The maximum absolute atomic E-state index is 14.3. The van der Waals surface area contributed by atoms with Gasteiger partial charge in [0.05, 0.1) is 11.9 Å². The highest BCUT2D eigenvalue weighted by atomic mass is 79.9. The van der Waals surface area contributed by atoms with Crippen molar-refractivity contribution >= 4 is 43.5 Å². The van der Waals surface area contributed by atoms with Crippen LogP contribution in [0.5, 0.6) is 0 Å². The average molecular weight is 655 g/mol. The lowest BCUT2D eigenvalue weighted by molar-refractivity contribution is -0.140. The first kappa shape index (κ1) is 31.8. The van der Waals surface area contributed by atoms with E-state index in [1.165, 1.54) is 0 Å². The van der Waals surface area contributed by atoms with E-state index >= 15 is 0 Å². The summed E-state index contributed by atoms with van der Waals surface area (Å²) in [6.07, 6.45) is 6.53. The zero-order valence-corrected chi connectivity index (χ0v) is 27.0. The van der Waals surface area contributed by atoms with Crippen LogP contribution in [0.2, 0.25) is 0 Å². The predicted octanol–water partition coefficient (Wildman–Crippen LogP) is 5.92. The molecule has 0 aliphatic heterocycles. The Morgan fingerprint density at radius 2 is 1.62 bits per heavy atom. The van der Waals surface area contributed by atoms with Crippen LogP contribution in [0.1, 0.15) is 54.4 Å². The zero-order valence-electron chi connectivity index (χ0n) is 24.6. The monoisotopic (exact) mass is 653 g/mol. The van der Waals surface area contributed by atoms with Crippen molar-refractivity contribution in [3.8, 4) is 0 Å². The molecule has 224 valence electrons. The first-order valence-electron chi connectivity index (χ1n) is 14.4. The number of nitrogens with zero attached hydrogens (tertiary/aromatic N) is 2. The van der Waals surface area contributed by atoms with Crippen molar-refractivity contribution < 1.29 is 18.0 Å². The third kappa shape index (κ3) is 8.67. The molecular formula is C33H40BrN3O4S. The fourth-order valence-electron chi connectivity index (χ4n) is 5.51. The number of amides is 2. The Hall–Kier alpha value is -3.17. The van der Waals surface area contributed by atoms with Crippen molar-refractivity contribution in [2.45, 2.75) is 71.0 Å². The van der Waals surface area contributed by atoms with Crippen molar-refractivity contribution in [3.63, 3.8) is 0 Å². The molecule has 3 aromatic carbocycles. The standard InChI is InChI=1S/C33H40BrN3O4S/c1-24-17-18-25(2)30(19-24)37(42(3,40)41)23-32(38)36(22-27-13-10-14-28(34)20-27)31(21-26-11-6-4-7-12-26)33(39)35-29-15-8-5-9-16-29/h4,6-7,10-14,17-20,29,31H,5,8-9,15-16,21-23H2,1-3H3,(H,35,39). The molecule has 42 heavy (non-hydrogen) atoms. The highest BCUT2D eigenvalue weighted by molar-refractivity contribution is 9.10. The Kier molecular flexibility index (Phi) is 10.8. The number of hydrogen-bond donors (Lipinski definition) is 1. The van der Waals surface area contributed by atoms with Gasteiger partial charge in [0.25, 0.3) is 0 Å². The Morgan fingerprint density at radius 1 is 0.929 bits per heavy atom. The van der Waals surface area contributed by atoms with Gasteiger partial charge in [-0.05, 0) is 67.1 Å². The van der Waals surface area contributed by atoms with Gasteiger partial charge in [0.2, 0.25) is 21.8 Å². The van der Waals surface area contributed by atoms with Crippen LogP contribution in [0.25, 0.3) is 0 Å². The highest BCUT2D eigenvalue weighted by Gasteiger charge is 2.34. The normalized spacial score (nSPS) is 14.7. The molecular weight excluding hydrogens is 614 g/mol. The molecule has 0 spiro atoms. The summed E-state index contributed by atoms with van der Waals surface area (Å²) >= 11 is 3.52. The summed E-state index contributed by atoms with van der Waals surface area (Å²) in [5.41, 5.74) is 3.84. The number of aryl methyl sites for hydroxylation is 2. The largest absolute Gasteiger partial charge is 0.352 e. The number of anilines is 1. The smallest absolute Gasteiger partial charge is 0.244 e. The molecule has 2 amide bonds. The van der Waals surface area contributed by atoms with Gasteiger partial charge in [0.1, 0.15) is 12.6 Å². The lowest BCUT2D eigenvalue weighted by Crippen LogP contribution is -2.55. The van der Waals surface area contributed by atoms with Crippen LogP contribution in [-0.4, -0.2) is 50.0 Å². The van der Waals surface area contributed by atoms with Crippen LogP contribution in [0, 0.1) is 13.8 Å². The number of sulfonamides is 1. The molecule has 3 aromatic rings. The number of halogens is 1. The Balaban J connectivity index is 1.74. The third-order valence-electron chi connectivity index (χ3n) is 7.78. The Labute approximate surface area is 258 Å². The van der Waals surface area contributed by atoms with E-state index in [1.807, 2.05) is 80.6 Å². The van der Waals surface area contributed by atoms with Gasteiger partial charge in [-0.2, -0.15) is 0 Å². The molecule has 4 rings (SSSR count). The first-order chi connectivity index (χ1) is 20.0. The molecule has 1 atom stereocenters. The molecule has 1 N–H and O–H groups in total. The number of rotatable bonds is 11. The summed E-state index contributed by atoms with van der Waals surface area (Å²) in [6.45, 7) is 3.44. The van der Waals surface area contributed by atoms with Gasteiger partial charge in [0, 0.05) is 23.5 Å². The number of benzene rings is 3. The summed E-state index contributed by atoms with van der Waals surface area (Å²) in [5, 5.41) is 3.23. The third-order valence-corrected chi connectivity index (χ3v) is 9.40. The highest BCUT2D eigenvalue weighted by Crippen LogP contribution is 2.26.